The Morgan fingerprint density at radius 1 is 1.24 bits per heavy atom. The number of benzene rings is 1. The average molecular weight is 360 g/mol. The van der Waals surface area contributed by atoms with E-state index in [1.54, 1.807) is 0 Å². The SMILES string of the molecule is COC(=O)C1CCN(Cn2nc(C)n(-c3ccc(C)cc3)c2=S)CC1. The van der Waals surface area contributed by atoms with Gasteiger partial charge < -0.3 is 4.74 Å². The second-order valence-corrected chi connectivity index (χ2v) is 6.92. The standard InChI is InChI=1S/C18H24N4O2S/c1-13-4-6-16(7-5-13)22-14(2)19-21(18(22)25)12-20-10-8-15(9-11-20)17(23)24-3/h4-7,15H,8-12H2,1-3H3. The van der Waals surface area contributed by atoms with Crippen molar-refractivity contribution in [2.75, 3.05) is 20.2 Å². The number of esters is 1. The van der Waals surface area contributed by atoms with E-state index in [-0.39, 0.29) is 11.9 Å². The van der Waals surface area contributed by atoms with Crippen molar-refractivity contribution >= 4 is 18.2 Å². The Bertz CT molecular complexity index is 801. The second kappa shape index (κ2) is 7.49. The van der Waals surface area contributed by atoms with Crippen LogP contribution in [-0.2, 0) is 16.2 Å². The number of carbonyl (C=O) groups excluding carboxylic acids is 1. The van der Waals surface area contributed by atoms with Crippen molar-refractivity contribution < 1.29 is 9.53 Å². The van der Waals surface area contributed by atoms with E-state index in [0.29, 0.717) is 11.4 Å². The highest BCUT2D eigenvalue weighted by Gasteiger charge is 2.26. The Kier molecular flexibility index (Phi) is 5.34. The molecule has 1 fully saturated rings. The summed E-state index contributed by atoms with van der Waals surface area (Å²) < 4.78 is 9.39. The zero-order chi connectivity index (χ0) is 18.0. The van der Waals surface area contributed by atoms with Crippen molar-refractivity contribution in [1.82, 2.24) is 19.2 Å². The summed E-state index contributed by atoms with van der Waals surface area (Å²) in [5.41, 5.74) is 2.25. The molecule has 1 aromatic heterocycles. The Hall–Kier alpha value is -1.99. The summed E-state index contributed by atoms with van der Waals surface area (Å²) in [5, 5.41) is 4.62. The molecule has 0 unspecified atom stereocenters. The van der Waals surface area contributed by atoms with Gasteiger partial charge in [-0.1, -0.05) is 17.7 Å². The molecule has 0 atom stereocenters. The molecule has 6 nitrogen and oxygen atoms in total. The maximum absolute atomic E-state index is 11.6. The lowest BCUT2D eigenvalue weighted by molar-refractivity contribution is -0.147. The molecule has 0 N–H and O–H groups in total. The largest absolute Gasteiger partial charge is 0.469 e. The lowest BCUT2D eigenvalue weighted by Gasteiger charge is -2.30. The van der Waals surface area contributed by atoms with Gasteiger partial charge in [0.2, 0.25) is 4.77 Å². The highest BCUT2D eigenvalue weighted by molar-refractivity contribution is 7.71. The van der Waals surface area contributed by atoms with Gasteiger partial charge in [0.15, 0.2) is 0 Å². The van der Waals surface area contributed by atoms with E-state index in [9.17, 15) is 4.79 Å². The van der Waals surface area contributed by atoms with E-state index in [1.807, 2.05) is 16.2 Å². The normalized spacial score (nSPS) is 16.1. The van der Waals surface area contributed by atoms with E-state index >= 15 is 0 Å². The quantitative estimate of drug-likeness (QED) is 0.620. The fourth-order valence-electron chi connectivity index (χ4n) is 3.27. The van der Waals surface area contributed by atoms with Gasteiger partial charge in [-0.05, 0) is 51.0 Å². The number of aromatic nitrogens is 3. The topological polar surface area (TPSA) is 52.3 Å². The number of nitrogens with zero attached hydrogens (tertiary/aromatic N) is 4. The molecule has 134 valence electrons. The van der Waals surface area contributed by atoms with Crippen LogP contribution in [0.2, 0.25) is 0 Å². The molecule has 0 aliphatic carbocycles. The zero-order valence-corrected chi connectivity index (χ0v) is 15.8. The summed E-state index contributed by atoms with van der Waals surface area (Å²) in [6.45, 7) is 6.37. The fraction of sp³-hybridized carbons (Fsp3) is 0.500. The van der Waals surface area contributed by atoms with Crippen molar-refractivity contribution in [3.05, 3.63) is 40.4 Å². The van der Waals surface area contributed by atoms with Crippen LogP contribution in [0.25, 0.3) is 5.69 Å². The third kappa shape index (κ3) is 3.82. The van der Waals surface area contributed by atoms with E-state index < -0.39 is 0 Å². The lowest BCUT2D eigenvalue weighted by atomic mass is 9.97. The number of rotatable bonds is 4. The van der Waals surface area contributed by atoms with Crippen LogP contribution in [0.3, 0.4) is 0 Å². The molecule has 0 spiro atoms. The van der Waals surface area contributed by atoms with Crippen LogP contribution >= 0.6 is 12.2 Å². The van der Waals surface area contributed by atoms with Gasteiger partial charge >= 0.3 is 5.97 Å². The first-order chi connectivity index (χ1) is 12.0. The van der Waals surface area contributed by atoms with Crippen molar-refractivity contribution in [2.24, 2.45) is 5.92 Å². The first kappa shape index (κ1) is 17.8. The van der Waals surface area contributed by atoms with Gasteiger partial charge in [-0.2, -0.15) is 5.10 Å². The van der Waals surface area contributed by atoms with Crippen LogP contribution < -0.4 is 0 Å². The highest BCUT2D eigenvalue weighted by Crippen LogP contribution is 2.19. The van der Waals surface area contributed by atoms with Gasteiger partial charge in [0.25, 0.3) is 0 Å². The molecule has 1 aliphatic rings. The fourth-order valence-corrected chi connectivity index (χ4v) is 3.60. The summed E-state index contributed by atoms with van der Waals surface area (Å²) in [5.74, 6) is 0.787. The molecule has 2 aromatic rings. The molecule has 1 saturated heterocycles. The van der Waals surface area contributed by atoms with Crippen molar-refractivity contribution in [3.8, 4) is 5.69 Å². The van der Waals surface area contributed by atoms with Crippen LogP contribution in [0.15, 0.2) is 24.3 Å². The molecule has 25 heavy (non-hydrogen) atoms. The highest BCUT2D eigenvalue weighted by atomic mass is 32.1. The molecule has 7 heteroatoms. The molecule has 0 amide bonds. The van der Waals surface area contributed by atoms with Crippen molar-refractivity contribution in [2.45, 2.75) is 33.4 Å². The monoisotopic (exact) mass is 360 g/mol. The van der Waals surface area contributed by atoms with Gasteiger partial charge in [-0.15, -0.1) is 0 Å². The first-order valence-electron chi connectivity index (χ1n) is 8.53. The molecule has 1 aliphatic heterocycles. The summed E-state index contributed by atoms with van der Waals surface area (Å²) in [4.78, 5) is 13.9. The van der Waals surface area contributed by atoms with Crippen LogP contribution in [0.4, 0.5) is 0 Å². The van der Waals surface area contributed by atoms with Crippen LogP contribution in [-0.4, -0.2) is 45.4 Å². The minimum absolute atomic E-state index is 0.0149. The number of carbonyl (C=O) groups is 1. The molecule has 0 radical (unpaired) electrons. The number of piperidine rings is 1. The number of aryl methyl sites for hydroxylation is 2. The third-order valence-electron chi connectivity index (χ3n) is 4.75. The van der Waals surface area contributed by atoms with E-state index in [1.165, 1.54) is 12.7 Å². The van der Waals surface area contributed by atoms with Gasteiger partial charge in [0, 0.05) is 18.8 Å². The van der Waals surface area contributed by atoms with Crippen LogP contribution in [0, 0.1) is 24.5 Å². The number of methoxy groups -OCH3 is 1. The maximum Gasteiger partial charge on any atom is 0.308 e. The summed E-state index contributed by atoms with van der Waals surface area (Å²) in [6, 6.07) is 8.27. The molecule has 1 aromatic carbocycles. The smallest absolute Gasteiger partial charge is 0.308 e. The van der Waals surface area contributed by atoms with Gasteiger partial charge in [-0.25, -0.2) is 4.68 Å². The predicted molar refractivity (Wildman–Crippen MR) is 98.2 cm³/mol. The van der Waals surface area contributed by atoms with Crippen molar-refractivity contribution in [1.29, 1.82) is 0 Å². The molecule has 0 bridgehead atoms. The molecular weight excluding hydrogens is 336 g/mol. The Morgan fingerprint density at radius 2 is 1.88 bits per heavy atom. The Balaban J connectivity index is 1.73. The summed E-state index contributed by atoms with van der Waals surface area (Å²) in [7, 11) is 1.45. The van der Waals surface area contributed by atoms with Crippen molar-refractivity contribution in [3.63, 3.8) is 0 Å². The molecule has 2 heterocycles. The Morgan fingerprint density at radius 3 is 2.48 bits per heavy atom. The van der Waals surface area contributed by atoms with E-state index in [0.717, 1.165) is 37.4 Å². The van der Waals surface area contributed by atoms with E-state index in [2.05, 4.69) is 41.2 Å². The third-order valence-corrected chi connectivity index (χ3v) is 5.14. The van der Waals surface area contributed by atoms with E-state index in [4.69, 9.17) is 17.0 Å². The molecule has 3 rings (SSSR count). The lowest BCUT2D eigenvalue weighted by Crippen LogP contribution is -2.38. The Labute approximate surface area is 153 Å². The minimum Gasteiger partial charge on any atom is -0.469 e. The molecule has 0 saturated carbocycles. The summed E-state index contributed by atoms with van der Waals surface area (Å²) in [6.07, 6.45) is 1.63. The number of ether oxygens (including phenoxy) is 1. The maximum atomic E-state index is 11.6. The van der Waals surface area contributed by atoms with Crippen LogP contribution in [0.1, 0.15) is 24.2 Å². The van der Waals surface area contributed by atoms with Gasteiger partial charge in [0.05, 0.1) is 19.7 Å². The van der Waals surface area contributed by atoms with Crippen LogP contribution in [0.5, 0.6) is 0 Å². The van der Waals surface area contributed by atoms with Gasteiger partial charge in [0.1, 0.15) is 5.82 Å². The second-order valence-electron chi connectivity index (χ2n) is 6.56. The average Bonchev–Trinajstić information content (AvgIpc) is 2.89. The minimum atomic E-state index is -0.101. The summed E-state index contributed by atoms with van der Waals surface area (Å²) >= 11 is 5.64. The van der Waals surface area contributed by atoms with Gasteiger partial charge in [-0.3, -0.25) is 14.3 Å². The number of likely N-dealkylation sites (tertiary alicyclic amines) is 1. The number of hydrogen-bond donors (Lipinski definition) is 0. The molecular formula is C18H24N4O2S. The first-order valence-corrected chi connectivity index (χ1v) is 8.94. The predicted octanol–water partition coefficient (Wildman–Crippen LogP) is 2.86. The number of hydrogen-bond acceptors (Lipinski definition) is 5. The zero-order valence-electron chi connectivity index (χ0n) is 14.9.